The van der Waals surface area contributed by atoms with Crippen LogP contribution in [0.2, 0.25) is 0 Å². The second kappa shape index (κ2) is 39.2. The first-order valence-electron chi connectivity index (χ1n) is 21.2. The number of amides is 2. The Bertz CT molecular complexity index is 1100. The molecule has 0 aromatic carbocycles. The molecule has 308 valence electrons. The number of carboxylic acids is 1. The average molecular weight is 757 g/mol. The highest BCUT2D eigenvalue weighted by Gasteiger charge is 2.18. The summed E-state index contributed by atoms with van der Waals surface area (Å²) in [5.41, 5.74) is 0. The summed E-state index contributed by atoms with van der Waals surface area (Å²) in [5, 5.41) is 22.5. The number of aliphatic hydroxyl groups is 1. The summed E-state index contributed by atoms with van der Waals surface area (Å²) in [6.45, 7) is 3.29. The molecular formula is C45H76N2O7. The quantitative estimate of drug-likeness (QED) is 0.0281. The molecule has 9 heteroatoms. The van der Waals surface area contributed by atoms with Gasteiger partial charge in [0.25, 0.3) is 0 Å². The second-order valence-electron chi connectivity index (χ2n) is 14.0. The number of carbonyl (C=O) groups excluding carboxylic acids is 3. The SMILES string of the molecule is CC/C=C\C/C=C\C/C=C\C(CCCCCCC(=O)NCC(=O)NC(CO)C(=O)O)OC(=O)CCCCCCCCCCC/C=C\C/C=C\CCCCC. The van der Waals surface area contributed by atoms with Crippen LogP contribution < -0.4 is 10.6 Å². The number of nitrogens with one attached hydrogen (secondary N) is 2. The fourth-order valence-electron chi connectivity index (χ4n) is 5.74. The van der Waals surface area contributed by atoms with Crippen molar-refractivity contribution in [2.24, 2.45) is 0 Å². The van der Waals surface area contributed by atoms with Crippen molar-refractivity contribution in [2.75, 3.05) is 13.2 Å². The number of unbranched alkanes of at least 4 members (excludes halogenated alkanes) is 15. The fraction of sp³-hybridized carbons (Fsp3) is 0.689. The molecule has 0 saturated carbocycles. The third-order valence-corrected chi connectivity index (χ3v) is 8.98. The summed E-state index contributed by atoms with van der Waals surface area (Å²) in [4.78, 5) is 47.5. The van der Waals surface area contributed by atoms with Crippen molar-refractivity contribution in [1.82, 2.24) is 10.6 Å². The molecule has 0 aromatic rings. The van der Waals surface area contributed by atoms with Crippen LogP contribution in [0, 0.1) is 0 Å². The van der Waals surface area contributed by atoms with Gasteiger partial charge in [-0.15, -0.1) is 0 Å². The van der Waals surface area contributed by atoms with Gasteiger partial charge >= 0.3 is 11.9 Å². The van der Waals surface area contributed by atoms with Crippen molar-refractivity contribution in [3.05, 3.63) is 60.8 Å². The van der Waals surface area contributed by atoms with Crippen LogP contribution in [0.1, 0.15) is 174 Å². The molecule has 9 nitrogen and oxygen atoms in total. The number of carboxylic acid groups (broad SMARTS) is 1. The van der Waals surface area contributed by atoms with E-state index in [4.69, 9.17) is 14.9 Å². The first kappa shape index (κ1) is 50.5. The Labute approximate surface area is 328 Å². The van der Waals surface area contributed by atoms with Gasteiger partial charge in [0.15, 0.2) is 0 Å². The highest BCUT2D eigenvalue weighted by molar-refractivity contribution is 5.87. The molecule has 0 aliphatic carbocycles. The Morgan fingerprint density at radius 1 is 0.593 bits per heavy atom. The summed E-state index contributed by atoms with van der Waals surface area (Å²) in [6, 6.07) is -1.40. The number of aliphatic carboxylic acids is 1. The Morgan fingerprint density at radius 2 is 1.11 bits per heavy atom. The van der Waals surface area contributed by atoms with E-state index in [9.17, 15) is 19.2 Å². The topological polar surface area (TPSA) is 142 Å². The first-order valence-corrected chi connectivity index (χ1v) is 21.2. The van der Waals surface area contributed by atoms with E-state index in [-0.39, 0.29) is 30.9 Å². The maximum Gasteiger partial charge on any atom is 0.328 e. The minimum Gasteiger partial charge on any atom is -0.480 e. The maximum atomic E-state index is 12.7. The van der Waals surface area contributed by atoms with E-state index >= 15 is 0 Å². The van der Waals surface area contributed by atoms with Crippen molar-refractivity contribution in [1.29, 1.82) is 0 Å². The lowest BCUT2D eigenvalue weighted by Crippen LogP contribution is -2.47. The molecule has 0 rings (SSSR count). The van der Waals surface area contributed by atoms with Crippen LogP contribution in [0.15, 0.2) is 60.8 Å². The lowest BCUT2D eigenvalue weighted by molar-refractivity contribution is -0.147. The Hall–Kier alpha value is -3.46. The van der Waals surface area contributed by atoms with Crippen molar-refractivity contribution in [3.8, 4) is 0 Å². The van der Waals surface area contributed by atoms with Crippen LogP contribution in [0.25, 0.3) is 0 Å². The number of aliphatic hydroxyl groups excluding tert-OH is 1. The predicted octanol–water partition coefficient (Wildman–Crippen LogP) is 10.1. The highest BCUT2D eigenvalue weighted by atomic mass is 16.5. The normalized spacial score (nSPS) is 13.1. The standard InChI is InChI=1S/C45H76N2O7/c1-3-5-7-9-11-13-14-15-16-17-18-19-20-21-22-23-25-27-33-37-44(51)54-40(34-30-26-24-12-10-8-6-4-2)35-31-28-29-32-36-42(49)46-38-43(50)47-41(39-48)45(52)53/h6,8,11-13,15-16,24,30,34,40-41,48H,3-5,7,9-10,14,17-23,25-29,31-33,35-39H2,1-2H3,(H,46,49)(H,47,50)(H,52,53)/b8-6-,13-11-,16-15-,24-12-,34-30-. The third-order valence-electron chi connectivity index (χ3n) is 8.98. The molecule has 0 aliphatic rings. The van der Waals surface area contributed by atoms with Gasteiger partial charge in [0.1, 0.15) is 12.1 Å². The Morgan fingerprint density at radius 3 is 1.70 bits per heavy atom. The van der Waals surface area contributed by atoms with Crippen molar-refractivity contribution in [2.45, 2.75) is 187 Å². The number of hydrogen-bond acceptors (Lipinski definition) is 6. The fourth-order valence-corrected chi connectivity index (χ4v) is 5.74. The number of esters is 1. The van der Waals surface area contributed by atoms with E-state index in [0.29, 0.717) is 12.8 Å². The van der Waals surface area contributed by atoms with Gasteiger partial charge in [-0.05, 0) is 83.1 Å². The summed E-state index contributed by atoms with van der Waals surface area (Å²) in [7, 11) is 0. The number of ether oxygens (including phenoxy) is 1. The molecule has 0 saturated heterocycles. The molecule has 0 radical (unpaired) electrons. The zero-order valence-corrected chi connectivity index (χ0v) is 34.0. The van der Waals surface area contributed by atoms with Crippen LogP contribution in [0.5, 0.6) is 0 Å². The molecule has 0 heterocycles. The van der Waals surface area contributed by atoms with Gasteiger partial charge in [-0.2, -0.15) is 0 Å². The van der Waals surface area contributed by atoms with E-state index in [1.807, 2.05) is 6.08 Å². The van der Waals surface area contributed by atoms with E-state index in [2.05, 4.69) is 79.2 Å². The third kappa shape index (κ3) is 35.6. The monoisotopic (exact) mass is 757 g/mol. The average Bonchev–Trinajstić information content (AvgIpc) is 3.15. The number of hydrogen-bond donors (Lipinski definition) is 4. The lowest BCUT2D eigenvalue weighted by atomic mass is 10.1. The van der Waals surface area contributed by atoms with Gasteiger partial charge in [0.2, 0.25) is 11.8 Å². The summed E-state index contributed by atoms with van der Waals surface area (Å²) in [6.07, 6.45) is 47.0. The maximum absolute atomic E-state index is 12.7. The van der Waals surface area contributed by atoms with Gasteiger partial charge in [-0.25, -0.2) is 4.79 Å². The summed E-state index contributed by atoms with van der Waals surface area (Å²) < 4.78 is 5.87. The zero-order valence-electron chi connectivity index (χ0n) is 34.0. The Balaban J connectivity index is 4.26. The Kier molecular flexibility index (Phi) is 36.7. The predicted molar refractivity (Wildman–Crippen MR) is 222 cm³/mol. The van der Waals surface area contributed by atoms with Crippen molar-refractivity contribution >= 4 is 23.8 Å². The van der Waals surface area contributed by atoms with E-state index in [1.54, 1.807) is 0 Å². The number of allylic oxidation sites excluding steroid dienone is 9. The van der Waals surface area contributed by atoms with Crippen LogP contribution in [0.4, 0.5) is 0 Å². The van der Waals surface area contributed by atoms with Gasteiger partial charge in [-0.3, -0.25) is 14.4 Å². The molecule has 54 heavy (non-hydrogen) atoms. The van der Waals surface area contributed by atoms with Crippen LogP contribution in [0.3, 0.4) is 0 Å². The van der Waals surface area contributed by atoms with Crippen molar-refractivity contribution < 1.29 is 34.1 Å². The smallest absolute Gasteiger partial charge is 0.328 e. The van der Waals surface area contributed by atoms with Gasteiger partial charge in [0, 0.05) is 12.8 Å². The lowest BCUT2D eigenvalue weighted by Gasteiger charge is -2.15. The molecule has 2 unspecified atom stereocenters. The molecule has 2 atom stereocenters. The number of carbonyl (C=O) groups is 4. The molecule has 0 aliphatic heterocycles. The summed E-state index contributed by atoms with van der Waals surface area (Å²) in [5.74, 6) is -2.45. The minimum absolute atomic E-state index is 0.142. The molecule has 0 spiro atoms. The molecular weight excluding hydrogens is 681 g/mol. The molecule has 0 bridgehead atoms. The summed E-state index contributed by atoms with van der Waals surface area (Å²) >= 11 is 0. The second-order valence-corrected chi connectivity index (χ2v) is 14.0. The first-order chi connectivity index (χ1) is 26.3. The van der Waals surface area contributed by atoms with E-state index in [0.717, 1.165) is 70.6 Å². The van der Waals surface area contributed by atoms with E-state index in [1.165, 1.54) is 70.6 Å². The highest BCUT2D eigenvalue weighted by Crippen LogP contribution is 2.15. The largest absolute Gasteiger partial charge is 0.480 e. The van der Waals surface area contributed by atoms with E-state index < -0.39 is 24.5 Å². The zero-order chi connectivity index (χ0) is 39.7. The molecule has 2 amide bonds. The van der Waals surface area contributed by atoms with Gasteiger partial charge in [0.05, 0.1) is 13.2 Å². The van der Waals surface area contributed by atoms with Gasteiger partial charge < -0.3 is 25.6 Å². The number of rotatable bonds is 37. The minimum atomic E-state index is -1.40. The molecule has 0 fully saturated rings. The van der Waals surface area contributed by atoms with Crippen LogP contribution >= 0.6 is 0 Å². The van der Waals surface area contributed by atoms with Crippen molar-refractivity contribution in [3.63, 3.8) is 0 Å². The molecule has 4 N–H and O–H groups in total. The van der Waals surface area contributed by atoms with Gasteiger partial charge in [-0.1, -0.05) is 139 Å². The van der Waals surface area contributed by atoms with Crippen LogP contribution in [-0.2, 0) is 23.9 Å². The molecule has 0 aromatic heterocycles. The van der Waals surface area contributed by atoms with Crippen LogP contribution in [-0.4, -0.2) is 59.3 Å².